The molecule has 0 amide bonds. The predicted octanol–water partition coefficient (Wildman–Crippen LogP) is 4.85. The molecule has 5 fully saturated rings. The van der Waals surface area contributed by atoms with Crippen LogP contribution in [0.4, 0.5) is 4.79 Å². The molecule has 0 aromatic heterocycles. The first-order valence-electron chi connectivity index (χ1n) is 14.6. The summed E-state index contributed by atoms with van der Waals surface area (Å²) in [5.41, 5.74) is 0.352. The van der Waals surface area contributed by atoms with Gasteiger partial charge in [0.15, 0.2) is 11.5 Å². The lowest BCUT2D eigenvalue weighted by molar-refractivity contribution is -0.312. The third kappa shape index (κ3) is 2.83. The molecule has 1 N–H and O–H groups in total. The van der Waals surface area contributed by atoms with E-state index in [2.05, 4.69) is 31.7 Å². The summed E-state index contributed by atoms with van der Waals surface area (Å²) in [5.74, 6) is 1.85. The molecule has 0 radical (unpaired) electrons. The van der Waals surface area contributed by atoms with Crippen molar-refractivity contribution in [1.29, 1.82) is 0 Å². The molecule has 2 spiro atoms. The van der Waals surface area contributed by atoms with Crippen molar-refractivity contribution in [3.05, 3.63) is 23.3 Å². The molecule has 0 unspecified atom stereocenters. The maximum atomic E-state index is 12.3. The van der Waals surface area contributed by atoms with Gasteiger partial charge in [0.1, 0.15) is 11.7 Å². The molecule has 7 atom stereocenters. The Morgan fingerprint density at radius 3 is 2.58 bits per heavy atom. The van der Waals surface area contributed by atoms with Gasteiger partial charge in [0.25, 0.3) is 0 Å². The molecular weight excluding hydrogens is 482 g/mol. The summed E-state index contributed by atoms with van der Waals surface area (Å²) in [7, 11) is 3.14. The standard InChI is InChI=1S/C31H43NO6/c1-27(2,3)28(4,34)21-16-29-11-12-31(21,36-6)25-30(29)13-14-32(17-18-7-8-18)22(29)15-19-9-10-20(37-26(33)35-5)24(38-25)23(19)30/h9-10,18,21-22,25,34H,7-8,11-17H2,1-6H3/t21-,22-,25-,28+,29-,30+,31-/m1/s1. The Hall–Kier alpha value is -1.83. The van der Waals surface area contributed by atoms with Crippen LogP contribution in [0.5, 0.6) is 11.5 Å². The summed E-state index contributed by atoms with van der Waals surface area (Å²) in [6.07, 6.45) is 6.50. The van der Waals surface area contributed by atoms with Crippen molar-refractivity contribution in [2.45, 2.75) is 101 Å². The second kappa shape index (κ2) is 7.67. The van der Waals surface area contributed by atoms with Crippen molar-refractivity contribution in [2.24, 2.45) is 22.7 Å². The lowest BCUT2D eigenvalue weighted by Gasteiger charge is -2.75. The number of methoxy groups -OCH3 is 2. The number of piperidine rings is 1. The number of fused-ring (bicyclic) bond motifs is 2. The van der Waals surface area contributed by atoms with Crippen molar-refractivity contribution >= 4 is 6.16 Å². The van der Waals surface area contributed by atoms with Crippen molar-refractivity contribution < 1.29 is 28.8 Å². The summed E-state index contributed by atoms with van der Waals surface area (Å²) in [6.45, 7) is 10.6. The molecule has 1 aromatic rings. The third-order valence-electron chi connectivity index (χ3n) is 12.2. The minimum Gasteiger partial charge on any atom is -0.482 e. The molecule has 1 aromatic carbocycles. The van der Waals surface area contributed by atoms with E-state index >= 15 is 0 Å². The van der Waals surface area contributed by atoms with Crippen LogP contribution in [0, 0.1) is 22.7 Å². The molecule has 7 heteroatoms. The van der Waals surface area contributed by atoms with Crippen LogP contribution in [0.1, 0.15) is 77.3 Å². The predicted molar refractivity (Wildman–Crippen MR) is 142 cm³/mol. The summed E-state index contributed by atoms with van der Waals surface area (Å²) in [4.78, 5) is 15.0. The average Bonchev–Trinajstić information content (AvgIpc) is 3.62. The van der Waals surface area contributed by atoms with Crippen LogP contribution in [0.2, 0.25) is 0 Å². The smallest absolute Gasteiger partial charge is 0.482 e. The number of likely N-dealkylation sites (tertiary alicyclic amines) is 1. The quantitative estimate of drug-likeness (QED) is 0.435. The number of aliphatic hydroxyl groups is 1. The van der Waals surface area contributed by atoms with Gasteiger partial charge < -0.3 is 24.1 Å². The van der Waals surface area contributed by atoms with E-state index in [0.29, 0.717) is 17.5 Å². The second-order valence-corrected chi connectivity index (χ2v) is 14.3. The Morgan fingerprint density at radius 2 is 1.92 bits per heavy atom. The summed E-state index contributed by atoms with van der Waals surface area (Å²) < 4.78 is 24.2. The van der Waals surface area contributed by atoms with Gasteiger partial charge in [-0.1, -0.05) is 26.8 Å². The SMILES string of the molecule is COC(=O)Oc1ccc2c3c1O[C@H]1[C@@]4(OC)CC[C@@]5(C[C@@H]4[C@](C)(O)C(C)(C)C)[C@@H](C2)N(CC2CC2)CC[C@]315. The highest BCUT2D eigenvalue weighted by molar-refractivity contribution is 5.69. The number of ether oxygens (including phenoxy) is 4. The van der Waals surface area contributed by atoms with Gasteiger partial charge >= 0.3 is 6.16 Å². The fourth-order valence-corrected chi connectivity index (χ4v) is 9.78. The molecule has 1 saturated heterocycles. The van der Waals surface area contributed by atoms with Crippen LogP contribution in [0.3, 0.4) is 0 Å². The number of nitrogens with zero attached hydrogens (tertiary/aromatic N) is 1. The fraction of sp³-hybridized carbons (Fsp3) is 0.774. The topological polar surface area (TPSA) is 77.5 Å². The Balaban J connectivity index is 1.45. The maximum absolute atomic E-state index is 12.3. The number of carbonyl (C=O) groups excluding carboxylic acids is 1. The van der Waals surface area contributed by atoms with Crippen LogP contribution in [0.25, 0.3) is 0 Å². The van der Waals surface area contributed by atoms with Crippen LogP contribution in [0.15, 0.2) is 12.1 Å². The van der Waals surface area contributed by atoms with Crippen molar-refractivity contribution in [2.75, 3.05) is 27.3 Å². The Morgan fingerprint density at radius 1 is 1.16 bits per heavy atom. The molecule has 4 saturated carbocycles. The molecule has 5 aliphatic carbocycles. The zero-order valence-corrected chi connectivity index (χ0v) is 23.8. The highest BCUT2D eigenvalue weighted by atomic mass is 16.7. The first-order valence-corrected chi connectivity index (χ1v) is 14.6. The molecule has 8 rings (SSSR count). The van der Waals surface area contributed by atoms with E-state index in [1.54, 1.807) is 0 Å². The number of hydrogen-bond acceptors (Lipinski definition) is 7. The Kier molecular flexibility index (Phi) is 5.08. The molecule has 4 bridgehead atoms. The maximum Gasteiger partial charge on any atom is 0.513 e. The summed E-state index contributed by atoms with van der Waals surface area (Å²) >= 11 is 0. The first-order chi connectivity index (χ1) is 17.9. The zero-order valence-electron chi connectivity index (χ0n) is 23.8. The highest BCUT2D eigenvalue weighted by Crippen LogP contribution is 2.78. The molecule has 2 aliphatic heterocycles. The number of hydrogen-bond donors (Lipinski definition) is 1. The van der Waals surface area contributed by atoms with Gasteiger partial charge in [-0.2, -0.15) is 0 Å². The minimum atomic E-state index is -0.961. The van der Waals surface area contributed by atoms with Gasteiger partial charge in [-0.25, -0.2) is 4.79 Å². The van der Waals surface area contributed by atoms with Crippen molar-refractivity contribution in [3.63, 3.8) is 0 Å². The minimum absolute atomic E-state index is 0.0346. The van der Waals surface area contributed by atoms with Crippen LogP contribution >= 0.6 is 0 Å². The normalized spacial score (nSPS) is 40.2. The van der Waals surface area contributed by atoms with E-state index in [-0.39, 0.29) is 28.3 Å². The van der Waals surface area contributed by atoms with E-state index < -0.39 is 17.4 Å². The second-order valence-electron chi connectivity index (χ2n) is 14.3. The Labute approximate surface area is 226 Å². The zero-order chi connectivity index (χ0) is 26.9. The van der Waals surface area contributed by atoms with E-state index in [4.69, 9.17) is 18.9 Å². The molecule has 2 heterocycles. The van der Waals surface area contributed by atoms with Gasteiger partial charge in [-0.05, 0) is 81.4 Å². The van der Waals surface area contributed by atoms with E-state index in [9.17, 15) is 9.90 Å². The van der Waals surface area contributed by atoms with Crippen molar-refractivity contribution in [3.8, 4) is 11.5 Å². The highest BCUT2D eigenvalue weighted by Gasteiger charge is 2.82. The fourth-order valence-electron chi connectivity index (χ4n) is 9.78. The Bertz CT molecular complexity index is 1190. The molecule has 208 valence electrons. The number of carbonyl (C=O) groups is 1. The molecular formula is C31H43NO6. The largest absolute Gasteiger partial charge is 0.513 e. The number of rotatable bonds is 5. The van der Waals surface area contributed by atoms with E-state index in [0.717, 1.165) is 44.6 Å². The van der Waals surface area contributed by atoms with E-state index in [1.165, 1.54) is 37.6 Å². The third-order valence-corrected chi connectivity index (χ3v) is 12.2. The van der Waals surface area contributed by atoms with Gasteiger partial charge in [-0.15, -0.1) is 0 Å². The summed E-state index contributed by atoms with van der Waals surface area (Å²) in [6, 6.07) is 4.43. The van der Waals surface area contributed by atoms with Crippen molar-refractivity contribution in [1.82, 2.24) is 4.90 Å². The van der Waals surface area contributed by atoms with Gasteiger partial charge in [-0.3, -0.25) is 4.90 Å². The molecule has 38 heavy (non-hydrogen) atoms. The average molecular weight is 526 g/mol. The van der Waals surface area contributed by atoms with Gasteiger partial charge in [0, 0.05) is 42.0 Å². The van der Waals surface area contributed by atoms with Crippen LogP contribution in [-0.4, -0.2) is 66.8 Å². The lowest BCUT2D eigenvalue weighted by atomic mass is 9.33. The van der Waals surface area contributed by atoms with Crippen LogP contribution in [-0.2, 0) is 21.3 Å². The van der Waals surface area contributed by atoms with Gasteiger partial charge in [0.05, 0.1) is 12.7 Å². The monoisotopic (exact) mass is 525 g/mol. The van der Waals surface area contributed by atoms with Gasteiger partial charge in [0.2, 0.25) is 0 Å². The van der Waals surface area contributed by atoms with E-state index in [1.807, 2.05) is 20.1 Å². The molecule has 7 aliphatic rings. The lowest BCUT2D eigenvalue weighted by Crippen LogP contribution is -2.83. The van der Waals surface area contributed by atoms with Crippen LogP contribution < -0.4 is 9.47 Å². The first kappa shape index (κ1) is 25.2. The molecule has 7 nitrogen and oxygen atoms in total. The number of benzene rings is 1. The summed E-state index contributed by atoms with van der Waals surface area (Å²) in [5, 5.41) is 12.3.